The molecule has 0 bridgehead atoms. The predicted molar refractivity (Wildman–Crippen MR) is 62.0 cm³/mol. The molecule has 1 N–H and O–H groups in total. The van der Waals surface area contributed by atoms with Crippen molar-refractivity contribution in [2.45, 2.75) is 12.3 Å². The van der Waals surface area contributed by atoms with Crippen LogP contribution in [0.15, 0.2) is 24.4 Å². The second-order valence-electron chi connectivity index (χ2n) is 4.13. The molecule has 16 heavy (non-hydrogen) atoms. The van der Waals surface area contributed by atoms with Gasteiger partial charge in [-0.2, -0.15) is 0 Å². The quantitative estimate of drug-likeness (QED) is 0.826. The molecule has 0 amide bonds. The smallest absolute Gasteiger partial charge is 0.199 e. The van der Waals surface area contributed by atoms with Crippen LogP contribution in [0.25, 0.3) is 5.52 Å². The second-order valence-corrected chi connectivity index (χ2v) is 4.13. The van der Waals surface area contributed by atoms with Gasteiger partial charge >= 0.3 is 0 Å². The van der Waals surface area contributed by atoms with Gasteiger partial charge < -0.3 is 10.1 Å². The molecule has 3 heterocycles. The van der Waals surface area contributed by atoms with Gasteiger partial charge in [-0.3, -0.25) is 4.40 Å². The molecule has 4 nitrogen and oxygen atoms in total. The van der Waals surface area contributed by atoms with E-state index in [1.165, 1.54) is 0 Å². The summed E-state index contributed by atoms with van der Waals surface area (Å²) in [5.41, 5.74) is 1.10. The summed E-state index contributed by atoms with van der Waals surface area (Å²) in [6.07, 6.45) is 3.06. The number of nitrogens with one attached hydrogen (secondary N) is 1. The van der Waals surface area contributed by atoms with Crippen molar-refractivity contribution in [3.05, 3.63) is 30.2 Å². The maximum absolute atomic E-state index is 5.39. The van der Waals surface area contributed by atoms with E-state index in [2.05, 4.69) is 20.8 Å². The van der Waals surface area contributed by atoms with Crippen LogP contribution in [-0.2, 0) is 0 Å². The highest BCUT2D eigenvalue weighted by atomic mass is 16.5. The molecule has 3 rings (SSSR count). The molecule has 0 radical (unpaired) electrons. The summed E-state index contributed by atoms with van der Waals surface area (Å²) in [4.78, 5) is 4.53. The summed E-state index contributed by atoms with van der Waals surface area (Å²) in [7, 11) is 1.70. The van der Waals surface area contributed by atoms with Gasteiger partial charge in [-0.1, -0.05) is 6.07 Å². The standard InChI is InChI=1S/C12H15N3O/c1-16-11-4-2-3-10-8-14-12(15(10)11)9-5-6-13-7-9/h2-4,8-9,13H,5-7H2,1H3. The lowest BCUT2D eigenvalue weighted by atomic mass is 10.1. The summed E-state index contributed by atoms with van der Waals surface area (Å²) in [6.45, 7) is 2.09. The first-order chi connectivity index (χ1) is 7.90. The van der Waals surface area contributed by atoms with Crippen LogP contribution in [0, 0.1) is 0 Å². The molecule has 2 aromatic rings. The minimum atomic E-state index is 0.499. The van der Waals surface area contributed by atoms with Gasteiger partial charge in [0.2, 0.25) is 0 Å². The molecule has 1 atom stereocenters. The largest absolute Gasteiger partial charge is 0.482 e. The van der Waals surface area contributed by atoms with Gasteiger partial charge in [0.25, 0.3) is 0 Å². The highest BCUT2D eigenvalue weighted by Crippen LogP contribution is 2.25. The molecule has 0 saturated carbocycles. The molecule has 1 aliphatic heterocycles. The minimum absolute atomic E-state index is 0.499. The monoisotopic (exact) mass is 217 g/mol. The number of imidazole rings is 1. The van der Waals surface area contributed by atoms with E-state index in [9.17, 15) is 0 Å². The average molecular weight is 217 g/mol. The van der Waals surface area contributed by atoms with Gasteiger partial charge in [0, 0.05) is 12.5 Å². The number of fused-ring (bicyclic) bond motifs is 1. The number of nitrogens with zero attached hydrogens (tertiary/aromatic N) is 2. The topological polar surface area (TPSA) is 38.6 Å². The zero-order chi connectivity index (χ0) is 11.0. The van der Waals surface area contributed by atoms with Crippen molar-refractivity contribution in [1.82, 2.24) is 14.7 Å². The maximum atomic E-state index is 5.39. The molecule has 1 unspecified atom stereocenters. The molecule has 1 aliphatic rings. The van der Waals surface area contributed by atoms with Crippen molar-refractivity contribution in [2.24, 2.45) is 0 Å². The molecule has 2 aromatic heterocycles. The predicted octanol–water partition coefficient (Wildman–Crippen LogP) is 1.42. The van der Waals surface area contributed by atoms with Crippen LogP contribution in [0.1, 0.15) is 18.2 Å². The van der Waals surface area contributed by atoms with Gasteiger partial charge in [-0.05, 0) is 25.1 Å². The van der Waals surface area contributed by atoms with E-state index in [0.717, 1.165) is 36.7 Å². The van der Waals surface area contributed by atoms with Gasteiger partial charge in [-0.15, -0.1) is 0 Å². The molecule has 4 heteroatoms. The van der Waals surface area contributed by atoms with Crippen molar-refractivity contribution in [3.8, 4) is 5.88 Å². The van der Waals surface area contributed by atoms with E-state index >= 15 is 0 Å². The first-order valence-electron chi connectivity index (χ1n) is 5.61. The Hall–Kier alpha value is -1.55. The number of aromatic nitrogens is 2. The molecular formula is C12H15N3O. The number of rotatable bonds is 2. The van der Waals surface area contributed by atoms with E-state index in [1.54, 1.807) is 7.11 Å². The van der Waals surface area contributed by atoms with E-state index < -0.39 is 0 Å². The first kappa shape index (κ1) is 9.66. The molecule has 1 saturated heterocycles. The van der Waals surface area contributed by atoms with Crippen molar-refractivity contribution in [1.29, 1.82) is 0 Å². The highest BCUT2D eigenvalue weighted by Gasteiger charge is 2.22. The fourth-order valence-corrected chi connectivity index (χ4v) is 2.36. The Balaban J connectivity index is 2.16. The van der Waals surface area contributed by atoms with Crippen molar-refractivity contribution in [2.75, 3.05) is 20.2 Å². The second kappa shape index (κ2) is 3.79. The zero-order valence-electron chi connectivity index (χ0n) is 9.31. The molecule has 0 aromatic carbocycles. The lowest BCUT2D eigenvalue weighted by Crippen LogP contribution is -2.10. The van der Waals surface area contributed by atoms with Crippen LogP contribution in [0.2, 0.25) is 0 Å². The van der Waals surface area contributed by atoms with Gasteiger partial charge in [0.1, 0.15) is 5.82 Å². The van der Waals surface area contributed by atoms with Crippen LogP contribution in [0.5, 0.6) is 5.88 Å². The summed E-state index contributed by atoms with van der Waals surface area (Å²) in [5.74, 6) is 2.47. The number of ether oxygens (including phenoxy) is 1. The number of methoxy groups -OCH3 is 1. The lowest BCUT2D eigenvalue weighted by Gasteiger charge is -2.10. The fraction of sp³-hybridized carbons (Fsp3) is 0.417. The molecule has 0 spiro atoms. The van der Waals surface area contributed by atoms with Crippen LogP contribution in [0.3, 0.4) is 0 Å². The number of hydrogen-bond donors (Lipinski definition) is 1. The normalized spacial score (nSPS) is 20.4. The highest BCUT2D eigenvalue weighted by molar-refractivity contribution is 5.49. The average Bonchev–Trinajstić information content (AvgIpc) is 2.96. The summed E-state index contributed by atoms with van der Waals surface area (Å²) in [6, 6.07) is 6.02. The Bertz CT molecular complexity index is 500. The molecule has 0 aliphatic carbocycles. The van der Waals surface area contributed by atoms with Crippen LogP contribution >= 0.6 is 0 Å². The van der Waals surface area contributed by atoms with E-state index in [0.29, 0.717) is 5.92 Å². The van der Waals surface area contributed by atoms with E-state index in [1.807, 2.05) is 18.3 Å². The van der Waals surface area contributed by atoms with Crippen LogP contribution in [-0.4, -0.2) is 29.6 Å². The fourth-order valence-electron chi connectivity index (χ4n) is 2.36. The third kappa shape index (κ3) is 1.38. The summed E-state index contributed by atoms with van der Waals surface area (Å²) >= 11 is 0. The molecule has 1 fully saturated rings. The third-order valence-corrected chi connectivity index (χ3v) is 3.18. The maximum Gasteiger partial charge on any atom is 0.199 e. The van der Waals surface area contributed by atoms with Crippen molar-refractivity contribution < 1.29 is 4.74 Å². The van der Waals surface area contributed by atoms with Gasteiger partial charge in [0.05, 0.1) is 18.8 Å². The van der Waals surface area contributed by atoms with Gasteiger partial charge in [0.15, 0.2) is 5.88 Å². The third-order valence-electron chi connectivity index (χ3n) is 3.18. The Kier molecular flexibility index (Phi) is 2.29. The lowest BCUT2D eigenvalue weighted by molar-refractivity contribution is 0.388. The van der Waals surface area contributed by atoms with Crippen molar-refractivity contribution >= 4 is 5.52 Å². The van der Waals surface area contributed by atoms with Gasteiger partial charge in [-0.25, -0.2) is 4.98 Å². The van der Waals surface area contributed by atoms with E-state index in [-0.39, 0.29) is 0 Å². The van der Waals surface area contributed by atoms with Crippen LogP contribution in [0.4, 0.5) is 0 Å². The minimum Gasteiger partial charge on any atom is -0.482 e. The zero-order valence-corrected chi connectivity index (χ0v) is 9.31. The summed E-state index contributed by atoms with van der Waals surface area (Å²) < 4.78 is 7.50. The molecular weight excluding hydrogens is 202 g/mol. The SMILES string of the molecule is COc1cccc2cnc(C3CCNC3)n12. The Morgan fingerprint density at radius 2 is 2.44 bits per heavy atom. The first-order valence-corrected chi connectivity index (χ1v) is 5.61. The van der Waals surface area contributed by atoms with Crippen molar-refractivity contribution in [3.63, 3.8) is 0 Å². The number of pyridine rings is 1. The Labute approximate surface area is 94.3 Å². The number of hydrogen-bond acceptors (Lipinski definition) is 3. The van der Waals surface area contributed by atoms with E-state index in [4.69, 9.17) is 4.74 Å². The Morgan fingerprint density at radius 1 is 1.50 bits per heavy atom. The Morgan fingerprint density at radius 3 is 3.19 bits per heavy atom. The van der Waals surface area contributed by atoms with Crippen LogP contribution < -0.4 is 10.1 Å². The molecule has 84 valence electrons. The summed E-state index contributed by atoms with van der Waals surface area (Å²) in [5, 5.41) is 3.37.